The van der Waals surface area contributed by atoms with Gasteiger partial charge in [0.1, 0.15) is 6.04 Å². The first kappa shape index (κ1) is 37.4. The minimum atomic E-state index is -2.15. The molecule has 8 N–H and O–H groups in total. The summed E-state index contributed by atoms with van der Waals surface area (Å²) in [4.78, 5) is 34.8. The molecule has 2 amide bonds. The number of unbranched alkanes of at least 4 members (excludes halogenated alkanes) is 13. The van der Waals surface area contributed by atoms with Gasteiger partial charge in [0, 0.05) is 25.0 Å². The molecule has 0 saturated carbocycles. The fourth-order valence-electron chi connectivity index (χ4n) is 4.66. The Kier molecular flexibility index (Phi) is 20.4. The number of carboxylic acids is 1. The number of carboxylic acid groups (broad SMARTS) is 1. The molecule has 1 aromatic rings. The average Bonchev–Trinajstić information content (AvgIpc) is 2.95. The summed E-state index contributed by atoms with van der Waals surface area (Å²) in [6.07, 6.45) is 16.4. The first-order valence-corrected chi connectivity index (χ1v) is 15.3. The van der Waals surface area contributed by atoms with Crippen LogP contribution in [0.1, 0.15) is 120 Å². The minimum Gasteiger partial charge on any atom is -0.480 e. The molecule has 238 valence electrons. The van der Waals surface area contributed by atoms with Gasteiger partial charge in [-0.05, 0) is 38.2 Å². The summed E-state index contributed by atoms with van der Waals surface area (Å²) in [7, 11) is -2.15. The van der Waals surface area contributed by atoms with Crippen LogP contribution in [0.15, 0.2) is 12.1 Å². The SMILES string of the molecule is NNC(CCCCNC(=O)CCCCCCCCCCCCCCCNC(=O)c1ccc(B(O)O)c(F)c1F)C(=O)O. The van der Waals surface area contributed by atoms with E-state index in [2.05, 4.69) is 16.1 Å². The zero-order valence-corrected chi connectivity index (χ0v) is 24.6. The highest BCUT2D eigenvalue weighted by Crippen LogP contribution is 2.14. The van der Waals surface area contributed by atoms with Crippen molar-refractivity contribution in [1.82, 2.24) is 16.1 Å². The second-order valence-corrected chi connectivity index (χ2v) is 10.7. The number of nitrogens with two attached hydrogens (primary N) is 1. The van der Waals surface area contributed by atoms with Crippen LogP contribution in [-0.2, 0) is 9.59 Å². The highest BCUT2D eigenvalue weighted by Gasteiger charge is 2.24. The first-order chi connectivity index (χ1) is 20.2. The predicted molar refractivity (Wildman–Crippen MR) is 159 cm³/mol. The van der Waals surface area contributed by atoms with Gasteiger partial charge in [-0.15, -0.1) is 0 Å². The Bertz CT molecular complexity index is 942. The van der Waals surface area contributed by atoms with Crippen LogP contribution in [0.25, 0.3) is 0 Å². The highest BCUT2D eigenvalue weighted by molar-refractivity contribution is 6.58. The first-order valence-electron chi connectivity index (χ1n) is 15.3. The molecule has 10 nitrogen and oxygen atoms in total. The zero-order chi connectivity index (χ0) is 31.2. The average molecular weight is 599 g/mol. The topological polar surface area (TPSA) is 174 Å². The zero-order valence-electron chi connectivity index (χ0n) is 24.6. The van der Waals surface area contributed by atoms with E-state index in [0.29, 0.717) is 32.4 Å². The second kappa shape index (κ2) is 22.9. The van der Waals surface area contributed by atoms with Crippen molar-refractivity contribution in [2.24, 2.45) is 5.84 Å². The van der Waals surface area contributed by atoms with Gasteiger partial charge in [0.25, 0.3) is 5.91 Å². The molecule has 0 spiro atoms. The molecule has 13 heteroatoms. The van der Waals surface area contributed by atoms with E-state index in [4.69, 9.17) is 21.0 Å². The molecule has 0 aliphatic rings. The van der Waals surface area contributed by atoms with Gasteiger partial charge in [-0.3, -0.25) is 20.2 Å². The standard InChI is InChI=1S/C29H49BF2N4O6/c31-26-22(18-19-23(27(26)32)30(41)42)28(38)35-21-14-11-9-7-5-3-1-2-4-6-8-10-12-17-25(37)34-20-15-13-16-24(36-33)29(39)40/h18-19,24,36,41-42H,1-17,20-21,33H2,(H,34,37)(H,35,38)(H,39,40). The molecule has 0 aromatic heterocycles. The van der Waals surface area contributed by atoms with Crippen LogP contribution in [-0.4, -0.2) is 59.2 Å². The number of nitrogens with one attached hydrogen (secondary N) is 3. The molecule has 0 aliphatic heterocycles. The van der Waals surface area contributed by atoms with Gasteiger partial charge in [0.05, 0.1) is 5.56 Å². The fraction of sp³-hybridized carbons (Fsp3) is 0.690. The van der Waals surface area contributed by atoms with E-state index in [9.17, 15) is 23.2 Å². The maximum Gasteiger partial charge on any atom is 0.491 e. The van der Waals surface area contributed by atoms with E-state index >= 15 is 0 Å². The van der Waals surface area contributed by atoms with Crippen LogP contribution >= 0.6 is 0 Å². The molecule has 0 bridgehead atoms. The number of amides is 2. The van der Waals surface area contributed by atoms with Gasteiger partial charge in [-0.1, -0.05) is 76.7 Å². The number of aliphatic carboxylic acids is 1. The Labute approximate surface area is 248 Å². The van der Waals surface area contributed by atoms with Crippen molar-refractivity contribution in [2.75, 3.05) is 13.1 Å². The summed E-state index contributed by atoms with van der Waals surface area (Å²) in [5.41, 5.74) is 1.19. The van der Waals surface area contributed by atoms with E-state index in [0.717, 1.165) is 63.5 Å². The summed E-state index contributed by atoms with van der Waals surface area (Å²) in [6, 6.07) is 1.28. The van der Waals surface area contributed by atoms with Crippen LogP contribution in [0, 0.1) is 11.6 Å². The number of rotatable bonds is 25. The van der Waals surface area contributed by atoms with Crippen LogP contribution in [0.3, 0.4) is 0 Å². The van der Waals surface area contributed by atoms with Gasteiger partial charge >= 0.3 is 13.1 Å². The third-order valence-electron chi connectivity index (χ3n) is 7.24. The van der Waals surface area contributed by atoms with Crippen LogP contribution in [0.4, 0.5) is 8.78 Å². The Hall–Kier alpha value is -2.61. The Morgan fingerprint density at radius 2 is 1.24 bits per heavy atom. The van der Waals surface area contributed by atoms with Crippen molar-refractivity contribution in [3.05, 3.63) is 29.3 Å². The lowest BCUT2D eigenvalue weighted by Gasteiger charge is -2.10. The molecular weight excluding hydrogens is 549 g/mol. The van der Waals surface area contributed by atoms with Gasteiger partial charge < -0.3 is 25.8 Å². The van der Waals surface area contributed by atoms with Gasteiger partial charge in [-0.2, -0.15) is 0 Å². The maximum absolute atomic E-state index is 14.0. The third kappa shape index (κ3) is 16.1. The van der Waals surface area contributed by atoms with E-state index in [-0.39, 0.29) is 5.91 Å². The summed E-state index contributed by atoms with van der Waals surface area (Å²) in [6.45, 7) is 0.912. The number of carbonyl (C=O) groups is 3. The summed E-state index contributed by atoms with van der Waals surface area (Å²) in [5, 5.41) is 32.4. The smallest absolute Gasteiger partial charge is 0.480 e. The predicted octanol–water partition coefficient (Wildman–Crippen LogP) is 3.04. The largest absolute Gasteiger partial charge is 0.491 e. The number of hydrazine groups is 1. The van der Waals surface area contributed by atoms with Gasteiger partial charge in [-0.25, -0.2) is 14.2 Å². The molecule has 1 atom stereocenters. The molecule has 42 heavy (non-hydrogen) atoms. The van der Waals surface area contributed by atoms with E-state index in [1.54, 1.807) is 0 Å². The number of carbonyl (C=O) groups excluding carboxylic acids is 2. The number of hydrogen-bond acceptors (Lipinski definition) is 7. The lowest BCUT2D eigenvalue weighted by atomic mass is 9.79. The van der Waals surface area contributed by atoms with Gasteiger partial charge in [0.2, 0.25) is 5.91 Å². The molecule has 1 rings (SSSR count). The lowest BCUT2D eigenvalue weighted by molar-refractivity contribution is -0.139. The Morgan fingerprint density at radius 1 is 0.738 bits per heavy atom. The monoisotopic (exact) mass is 598 g/mol. The molecule has 0 radical (unpaired) electrons. The molecule has 1 aromatic carbocycles. The summed E-state index contributed by atoms with van der Waals surface area (Å²) < 4.78 is 27.8. The Balaban J connectivity index is 1.89. The summed E-state index contributed by atoms with van der Waals surface area (Å²) in [5.74, 6) is 0.711. The molecule has 0 saturated heterocycles. The fourth-order valence-corrected chi connectivity index (χ4v) is 4.66. The normalized spacial score (nSPS) is 11.7. The van der Waals surface area contributed by atoms with Crippen molar-refractivity contribution >= 4 is 30.4 Å². The maximum atomic E-state index is 14.0. The lowest BCUT2D eigenvalue weighted by Crippen LogP contribution is -2.41. The van der Waals surface area contributed by atoms with Crippen molar-refractivity contribution in [1.29, 1.82) is 0 Å². The van der Waals surface area contributed by atoms with E-state index in [1.807, 2.05) is 0 Å². The van der Waals surface area contributed by atoms with Crippen molar-refractivity contribution in [3.8, 4) is 0 Å². The van der Waals surface area contributed by atoms with Crippen LogP contribution in [0.2, 0.25) is 0 Å². The van der Waals surface area contributed by atoms with Crippen molar-refractivity contribution in [2.45, 2.75) is 115 Å². The second-order valence-electron chi connectivity index (χ2n) is 10.7. The molecule has 0 fully saturated rings. The van der Waals surface area contributed by atoms with Crippen molar-refractivity contribution in [3.63, 3.8) is 0 Å². The molecule has 0 heterocycles. The molecular formula is C29H49BF2N4O6. The number of halogens is 2. The number of hydrogen-bond donors (Lipinski definition) is 7. The number of benzene rings is 1. The third-order valence-corrected chi connectivity index (χ3v) is 7.24. The van der Waals surface area contributed by atoms with Crippen LogP contribution in [0.5, 0.6) is 0 Å². The van der Waals surface area contributed by atoms with Gasteiger partial charge in [0.15, 0.2) is 11.6 Å². The minimum absolute atomic E-state index is 0.0471. The van der Waals surface area contributed by atoms with E-state index < -0.39 is 47.7 Å². The quantitative estimate of drug-likeness (QED) is 0.0389. The van der Waals surface area contributed by atoms with E-state index in [1.165, 1.54) is 38.5 Å². The molecule has 0 aliphatic carbocycles. The highest BCUT2D eigenvalue weighted by atomic mass is 19.2. The van der Waals surface area contributed by atoms with Crippen molar-refractivity contribution < 1.29 is 38.3 Å². The summed E-state index contributed by atoms with van der Waals surface area (Å²) >= 11 is 0. The van der Waals surface area contributed by atoms with Crippen LogP contribution < -0.4 is 27.4 Å². The molecule has 1 unspecified atom stereocenters. The Morgan fingerprint density at radius 3 is 1.76 bits per heavy atom.